The Balaban J connectivity index is 1.71. The number of nitrogens with two attached hydrogens (primary N) is 1. The highest BCUT2D eigenvalue weighted by atomic mass is 32.2. The quantitative estimate of drug-likeness (QED) is 0.565. The summed E-state index contributed by atoms with van der Waals surface area (Å²) in [5.41, 5.74) is 10.0. The van der Waals surface area contributed by atoms with Gasteiger partial charge in [0.05, 0.1) is 11.7 Å². The van der Waals surface area contributed by atoms with E-state index in [-0.39, 0.29) is 0 Å². The maximum atomic E-state index is 9.68. The molecule has 2 N–H and O–H groups in total. The first-order valence-corrected chi connectivity index (χ1v) is 10.2. The van der Waals surface area contributed by atoms with E-state index >= 15 is 0 Å². The Morgan fingerprint density at radius 2 is 1.96 bits per heavy atom. The molecule has 0 unspecified atom stereocenters. The Morgan fingerprint density at radius 3 is 2.79 bits per heavy atom. The molecule has 1 aliphatic rings. The molecular weight excluding hydrogens is 370 g/mol. The number of fused-ring (bicyclic) bond motifs is 2. The van der Waals surface area contributed by atoms with Crippen molar-refractivity contribution in [1.29, 1.82) is 5.26 Å². The van der Waals surface area contributed by atoms with E-state index in [4.69, 9.17) is 10.7 Å². The van der Waals surface area contributed by atoms with Gasteiger partial charge in [0.2, 0.25) is 0 Å². The number of rotatable bonds is 2. The maximum Gasteiger partial charge on any atom is 0.167 e. The number of pyridine rings is 1. The fourth-order valence-electron chi connectivity index (χ4n) is 3.54. The number of hydrogen-bond acceptors (Lipinski definition) is 7. The highest BCUT2D eigenvalue weighted by Crippen LogP contribution is 2.32. The van der Waals surface area contributed by atoms with Gasteiger partial charge in [-0.3, -0.25) is 4.98 Å². The van der Waals surface area contributed by atoms with Crippen LogP contribution in [0.2, 0.25) is 0 Å². The van der Waals surface area contributed by atoms with Crippen LogP contribution < -0.4 is 10.6 Å². The third-order valence-electron chi connectivity index (χ3n) is 4.99. The molecule has 1 aliphatic heterocycles. The van der Waals surface area contributed by atoms with E-state index in [1.165, 1.54) is 0 Å². The molecule has 7 nitrogen and oxygen atoms in total. The van der Waals surface area contributed by atoms with Crippen LogP contribution in [0.5, 0.6) is 0 Å². The van der Waals surface area contributed by atoms with Crippen LogP contribution >= 0.6 is 11.8 Å². The summed E-state index contributed by atoms with van der Waals surface area (Å²) in [4.78, 5) is 11.5. The lowest BCUT2D eigenvalue weighted by Gasteiger charge is -2.28. The topological polar surface area (TPSA) is 96.1 Å². The molecule has 0 spiro atoms. The lowest BCUT2D eigenvalue weighted by molar-refractivity contribution is 0.830. The van der Waals surface area contributed by atoms with E-state index in [0.29, 0.717) is 22.8 Å². The van der Waals surface area contributed by atoms with E-state index in [2.05, 4.69) is 27.1 Å². The summed E-state index contributed by atoms with van der Waals surface area (Å²) in [7, 11) is 0. The summed E-state index contributed by atoms with van der Waals surface area (Å²) in [5.74, 6) is 2.99. The van der Waals surface area contributed by atoms with Crippen LogP contribution in [-0.2, 0) is 0 Å². The highest BCUT2D eigenvalue weighted by molar-refractivity contribution is 7.99. The third kappa shape index (κ3) is 2.63. The normalized spacial score (nSPS) is 14.5. The zero-order chi connectivity index (χ0) is 19.1. The number of thioether (sulfide) groups is 1. The van der Waals surface area contributed by atoms with Gasteiger partial charge in [-0.15, -0.1) is 0 Å². The molecule has 8 heteroatoms. The fraction of sp³-hybridized carbons (Fsp3) is 0.200. The predicted molar refractivity (Wildman–Crippen MR) is 112 cm³/mol. The van der Waals surface area contributed by atoms with Crippen molar-refractivity contribution >= 4 is 39.9 Å². The van der Waals surface area contributed by atoms with Crippen LogP contribution in [0.4, 0.5) is 11.6 Å². The maximum absolute atomic E-state index is 9.68. The van der Waals surface area contributed by atoms with E-state index in [1.807, 2.05) is 42.2 Å². The summed E-state index contributed by atoms with van der Waals surface area (Å²) in [6.07, 6.45) is 3.56. The first kappa shape index (κ1) is 16.8. The number of nitrogen functional groups attached to an aromatic ring is 1. The molecule has 0 atom stereocenters. The second-order valence-electron chi connectivity index (χ2n) is 6.62. The average molecular weight is 387 g/mol. The van der Waals surface area contributed by atoms with Crippen molar-refractivity contribution in [1.82, 2.24) is 19.6 Å². The summed E-state index contributed by atoms with van der Waals surface area (Å²) < 4.78 is 1.55. The van der Waals surface area contributed by atoms with Crippen molar-refractivity contribution in [3.05, 3.63) is 48.3 Å². The van der Waals surface area contributed by atoms with E-state index in [0.717, 1.165) is 46.6 Å². The van der Waals surface area contributed by atoms with Crippen LogP contribution in [0.25, 0.3) is 27.7 Å². The second kappa shape index (κ2) is 6.69. The number of para-hydroxylation sites is 1. The molecule has 4 heterocycles. The molecule has 4 aromatic rings. The molecule has 0 bridgehead atoms. The molecule has 0 aliphatic carbocycles. The van der Waals surface area contributed by atoms with Crippen LogP contribution in [0.3, 0.4) is 0 Å². The van der Waals surface area contributed by atoms with Crippen molar-refractivity contribution in [3.8, 4) is 17.2 Å². The zero-order valence-corrected chi connectivity index (χ0v) is 15.9. The first-order chi connectivity index (χ1) is 13.8. The summed E-state index contributed by atoms with van der Waals surface area (Å²) in [6, 6.07) is 12.3. The Hall–Kier alpha value is -3.31. The monoisotopic (exact) mass is 387 g/mol. The zero-order valence-electron chi connectivity index (χ0n) is 15.0. The number of benzene rings is 1. The van der Waals surface area contributed by atoms with E-state index < -0.39 is 0 Å². The molecule has 1 aromatic carbocycles. The average Bonchev–Trinajstić information content (AvgIpc) is 3.18. The van der Waals surface area contributed by atoms with E-state index in [1.54, 1.807) is 10.7 Å². The van der Waals surface area contributed by atoms with Gasteiger partial charge in [-0.2, -0.15) is 26.6 Å². The Bertz CT molecular complexity index is 1230. The predicted octanol–water partition coefficient (Wildman–Crippen LogP) is 2.95. The Labute approximate surface area is 165 Å². The van der Waals surface area contributed by atoms with Crippen molar-refractivity contribution in [3.63, 3.8) is 0 Å². The summed E-state index contributed by atoms with van der Waals surface area (Å²) >= 11 is 1.91. The molecule has 5 rings (SSSR count). The van der Waals surface area contributed by atoms with Gasteiger partial charge in [-0.1, -0.05) is 18.2 Å². The van der Waals surface area contributed by atoms with Gasteiger partial charge >= 0.3 is 0 Å². The van der Waals surface area contributed by atoms with Gasteiger partial charge in [-0.25, -0.2) is 4.98 Å². The fourth-order valence-corrected chi connectivity index (χ4v) is 4.44. The van der Waals surface area contributed by atoms with Gasteiger partial charge in [0.1, 0.15) is 17.5 Å². The smallest absolute Gasteiger partial charge is 0.167 e. The molecule has 1 saturated heterocycles. The number of nitriles is 1. The van der Waals surface area contributed by atoms with Gasteiger partial charge in [-0.05, 0) is 12.1 Å². The van der Waals surface area contributed by atoms with Crippen LogP contribution in [-0.4, -0.2) is 44.2 Å². The molecule has 0 amide bonds. The molecule has 0 saturated carbocycles. The number of nitrogens with zero attached hydrogens (tertiary/aromatic N) is 6. The molecule has 28 heavy (non-hydrogen) atoms. The van der Waals surface area contributed by atoms with E-state index in [9.17, 15) is 5.26 Å². The molecular formula is C20H17N7S. The van der Waals surface area contributed by atoms with Gasteiger partial charge in [0.15, 0.2) is 11.5 Å². The highest BCUT2D eigenvalue weighted by Gasteiger charge is 2.23. The lowest BCUT2D eigenvalue weighted by Crippen LogP contribution is -2.34. The Morgan fingerprint density at radius 1 is 1.14 bits per heavy atom. The number of hydrogen-bond donors (Lipinski definition) is 1. The molecule has 138 valence electrons. The van der Waals surface area contributed by atoms with Crippen molar-refractivity contribution < 1.29 is 0 Å². The molecule has 1 fully saturated rings. The van der Waals surface area contributed by atoms with Crippen LogP contribution in [0.15, 0.2) is 42.7 Å². The number of aromatic nitrogens is 4. The number of anilines is 2. The van der Waals surface area contributed by atoms with Gasteiger partial charge < -0.3 is 10.6 Å². The van der Waals surface area contributed by atoms with Crippen molar-refractivity contribution in [2.24, 2.45) is 0 Å². The summed E-state index contributed by atoms with van der Waals surface area (Å²) in [5, 5.41) is 15.1. The first-order valence-electron chi connectivity index (χ1n) is 9.01. The Kier molecular flexibility index (Phi) is 4.02. The van der Waals surface area contributed by atoms with Crippen LogP contribution in [0, 0.1) is 11.3 Å². The minimum Gasteiger partial charge on any atom is -0.382 e. The van der Waals surface area contributed by atoms with Gasteiger partial charge in [0, 0.05) is 47.3 Å². The SMILES string of the molecule is N#Cc1c(N2CCSCC2)nc2c(-c3cnc4ccccc4c3)cnn2c1N. The summed E-state index contributed by atoms with van der Waals surface area (Å²) in [6.45, 7) is 1.70. The lowest BCUT2D eigenvalue weighted by atomic mass is 10.1. The minimum absolute atomic E-state index is 0.320. The van der Waals surface area contributed by atoms with Gasteiger partial charge in [0.25, 0.3) is 0 Å². The van der Waals surface area contributed by atoms with Crippen molar-refractivity contribution in [2.75, 3.05) is 35.2 Å². The molecule has 0 radical (unpaired) electrons. The largest absolute Gasteiger partial charge is 0.382 e. The third-order valence-corrected chi connectivity index (χ3v) is 5.93. The second-order valence-corrected chi connectivity index (χ2v) is 7.84. The molecule has 3 aromatic heterocycles. The standard InChI is InChI=1S/C20H17N7S/c21-10-15-18(22)27-20(25-19(15)26-5-7-28-8-6-26)16(12-24-27)14-9-13-3-1-2-4-17(13)23-11-14/h1-4,9,11-12H,5-8,22H2. The van der Waals surface area contributed by atoms with Crippen molar-refractivity contribution in [2.45, 2.75) is 0 Å². The minimum atomic E-state index is 0.320. The van der Waals surface area contributed by atoms with Crippen LogP contribution in [0.1, 0.15) is 5.56 Å².